The fraction of sp³-hybridized carbons (Fsp3) is 0.750. The number of hydrogen-bond donors (Lipinski definition) is 2. The van der Waals surface area contributed by atoms with Gasteiger partial charge in [0, 0.05) is 12.8 Å². The molecule has 0 aromatic rings. The van der Waals surface area contributed by atoms with Gasteiger partial charge in [0.15, 0.2) is 0 Å². The minimum atomic E-state index is -0.264. The van der Waals surface area contributed by atoms with E-state index in [-0.39, 0.29) is 17.7 Å². The summed E-state index contributed by atoms with van der Waals surface area (Å²) in [7, 11) is 1.60. The number of amides is 1. The molecular weight excluding hydrogens is 140 g/mol. The van der Waals surface area contributed by atoms with Crippen LogP contribution in [-0.2, 0) is 4.79 Å². The first-order valence-electron chi connectivity index (χ1n) is 3.77. The van der Waals surface area contributed by atoms with Gasteiger partial charge < -0.3 is 10.7 Å². The zero-order valence-corrected chi connectivity index (χ0v) is 7.56. The van der Waals surface area contributed by atoms with Gasteiger partial charge in [0.2, 0.25) is 5.91 Å². The summed E-state index contributed by atoms with van der Waals surface area (Å²) < 4.78 is 0. The monoisotopic (exact) mass is 156 g/mol. The van der Waals surface area contributed by atoms with E-state index in [2.05, 4.69) is 5.32 Å². The van der Waals surface area contributed by atoms with Crippen molar-refractivity contribution in [2.24, 2.45) is 11.8 Å². The van der Waals surface area contributed by atoms with E-state index in [9.17, 15) is 4.79 Å². The summed E-state index contributed by atoms with van der Waals surface area (Å²) >= 11 is 0. The Morgan fingerprint density at radius 3 is 2.00 bits per heavy atom. The van der Waals surface area contributed by atoms with Gasteiger partial charge in [0.25, 0.3) is 0 Å². The van der Waals surface area contributed by atoms with Crippen molar-refractivity contribution in [2.75, 3.05) is 7.05 Å². The smallest absolute Gasteiger partial charge is 0.228 e. The molecule has 1 amide bonds. The first-order valence-corrected chi connectivity index (χ1v) is 3.77. The van der Waals surface area contributed by atoms with Crippen molar-refractivity contribution in [1.82, 2.24) is 5.32 Å². The molecule has 0 aliphatic heterocycles. The lowest BCUT2D eigenvalue weighted by molar-refractivity contribution is -0.123. The van der Waals surface area contributed by atoms with E-state index in [0.717, 1.165) is 0 Å². The SMILES string of the molecule is CNC(=O)C(C(C)=N)C(C)C. The summed E-state index contributed by atoms with van der Waals surface area (Å²) in [4.78, 5) is 11.1. The van der Waals surface area contributed by atoms with Crippen LogP contribution in [0.4, 0.5) is 0 Å². The lowest BCUT2D eigenvalue weighted by Gasteiger charge is -2.17. The molecule has 11 heavy (non-hydrogen) atoms. The maximum atomic E-state index is 11.1. The van der Waals surface area contributed by atoms with Crippen LogP contribution in [0.25, 0.3) is 0 Å². The van der Waals surface area contributed by atoms with Crippen LogP contribution in [0.3, 0.4) is 0 Å². The molecule has 0 aromatic carbocycles. The maximum absolute atomic E-state index is 11.1. The predicted octanol–water partition coefficient (Wildman–Crippen LogP) is 1.04. The molecule has 2 N–H and O–H groups in total. The van der Waals surface area contributed by atoms with Crippen molar-refractivity contribution in [1.29, 1.82) is 5.41 Å². The number of rotatable bonds is 3. The Kier molecular flexibility index (Phi) is 3.79. The average molecular weight is 156 g/mol. The number of hydrogen-bond acceptors (Lipinski definition) is 2. The third kappa shape index (κ3) is 2.70. The van der Waals surface area contributed by atoms with E-state index < -0.39 is 0 Å². The molecule has 0 aromatic heterocycles. The number of nitrogens with one attached hydrogen (secondary N) is 2. The van der Waals surface area contributed by atoms with Crippen molar-refractivity contribution in [3.63, 3.8) is 0 Å². The van der Waals surface area contributed by atoms with Crippen LogP contribution in [-0.4, -0.2) is 18.7 Å². The molecule has 0 fully saturated rings. The van der Waals surface area contributed by atoms with Crippen LogP contribution in [0.5, 0.6) is 0 Å². The van der Waals surface area contributed by atoms with Gasteiger partial charge in [-0.05, 0) is 12.8 Å². The highest BCUT2D eigenvalue weighted by Gasteiger charge is 2.22. The fourth-order valence-corrected chi connectivity index (χ4v) is 1.15. The summed E-state index contributed by atoms with van der Waals surface area (Å²) in [5.41, 5.74) is 0.430. The molecule has 0 bridgehead atoms. The summed E-state index contributed by atoms with van der Waals surface area (Å²) in [6, 6.07) is 0. The minimum Gasteiger partial charge on any atom is -0.359 e. The van der Waals surface area contributed by atoms with Gasteiger partial charge in [0.05, 0.1) is 5.92 Å². The molecule has 0 heterocycles. The lowest BCUT2D eigenvalue weighted by Crippen LogP contribution is -2.35. The summed E-state index contributed by atoms with van der Waals surface area (Å²) in [5, 5.41) is 9.90. The average Bonchev–Trinajstić information content (AvgIpc) is 1.85. The van der Waals surface area contributed by atoms with Crippen LogP contribution in [0.15, 0.2) is 0 Å². The topological polar surface area (TPSA) is 53.0 Å². The van der Waals surface area contributed by atoms with E-state index in [1.165, 1.54) is 0 Å². The van der Waals surface area contributed by atoms with Crippen molar-refractivity contribution in [3.8, 4) is 0 Å². The third-order valence-electron chi connectivity index (χ3n) is 1.66. The molecule has 3 heteroatoms. The first kappa shape index (κ1) is 10.1. The quantitative estimate of drug-likeness (QED) is 0.589. The van der Waals surface area contributed by atoms with Crippen molar-refractivity contribution >= 4 is 11.6 Å². The molecule has 0 rings (SSSR count). The molecule has 0 aliphatic rings. The molecule has 0 spiro atoms. The maximum Gasteiger partial charge on any atom is 0.228 e. The molecule has 0 saturated carbocycles. The van der Waals surface area contributed by atoms with Gasteiger partial charge in [-0.3, -0.25) is 4.79 Å². The highest BCUT2D eigenvalue weighted by atomic mass is 16.1. The van der Waals surface area contributed by atoms with E-state index in [0.29, 0.717) is 5.71 Å². The molecule has 0 saturated heterocycles. The van der Waals surface area contributed by atoms with Crippen molar-refractivity contribution in [3.05, 3.63) is 0 Å². The summed E-state index contributed by atoms with van der Waals surface area (Å²) in [6.07, 6.45) is 0. The standard InChI is InChI=1S/C8H16N2O/c1-5(2)7(6(3)9)8(11)10-4/h5,7,9H,1-4H3,(H,10,11). The van der Waals surface area contributed by atoms with Crippen LogP contribution in [0.1, 0.15) is 20.8 Å². The number of carbonyl (C=O) groups excluding carboxylic acids is 1. The zero-order valence-electron chi connectivity index (χ0n) is 7.56. The summed E-state index contributed by atoms with van der Waals surface area (Å²) in [6.45, 7) is 5.55. The van der Waals surface area contributed by atoms with Gasteiger partial charge >= 0.3 is 0 Å². The zero-order chi connectivity index (χ0) is 9.02. The second kappa shape index (κ2) is 4.11. The van der Waals surface area contributed by atoms with Crippen molar-refractivity contribution < 1.29 is 4.79 Å². The fourth-order valence-electron chi connectivity index (χ4n) is 1.15. The molecule has 64 valence electrons. The Balaban J connectivity index is 4.34. The van der Waals surface area contributed by atoms with E-state index >= 15 is 0 Å². The first-order chi connectivity index (χ1) is 5.00. The van der Waals surface area contributed by atoms with Gasteiger partial charge in [0.1, 0.15) is 0 Å². The van der Waals surface area contributed by atoms with Gasteiger partial charge in [-0.2, -0.15) is 0 Å². The van der Waals surface area contributed by atoms with E-state index in [1.807, 2.05) is 13.8 Å². The molecule has 1 atom stereocenters. The molecule has 0 radical (unpaired) electrons. The lowest BCUT2D eigenvalue weighted by atomic mass is 9.91. The van der Waals surface area contributed by atoms with E-state index in [4.69, 9.17) is 5.41 Å². The Bertz CT molecular complexity index is 163. The number of carbonyl (C=O) groups is 1. The summed E-state index contributed by atoms with van der Waals surface area (Å²) in [5.74, 6) is -0.125. The van der Waals surface area contributed by atoms with Gasteiger partial charge in [-0.1, -0.05) is 13.8 Å². The Labute approximate surface area is 67.7 Å². The second-order valence-electron chi connectivity index (χ2n) is 3.02. The van der Waals surface area contributed by atoms with Gasteiger partial charge in [-0.15, -0.1) is 0 Å². The minimum absolute atomic E-state index is 0.0625. The van der Waals surface area contributed by atoms with Crippen LogP contribution >= 0.6 is 0 Å². The molecule has 3 nitrogen and oxygen atoms in total. The molecule has 0 aliphatic carbocycles. The molecule has 1 unspecified atom stereocenters. The molecular formula is C8H16N2O. The predicted molar refractivity (Wildman–Crippen MR) is 45.8 cm³/mol. The third-order valence-corrected chi connectivity index (χ3v) is 1.66. The largest absolute Gasteiger partial charge is 0.359 e. The van der Waals surface area contributed by atoms with Crippen LogP contribution in [0, 0.1) is 17.2 Å². The van der Waals surface area contributed by atoms with Crippen LogP contribution in [0.2, 0.25) is 0 Å². The van der Waals surface area contributed by atoms with Crippen LogP contribution < -0.4 is 5.32 Å². The Hall–Kier alpha value is -0.860. The second-order valence-corrected chi connectivity index (χ2v) is 3.02. The normalized spacial score (nSPS) is 12.8. The Morgan fingerprint density at radius 2 is 1.91 bits per heavy atom. The highest BCUT2D eigenvalue weighted by molar-refractivity contribution is 6.01. The highest BCUT2D eigenvalue weighted by Crippen LogP contribution is 2.11. The van der Waals surface area contributed by atoms with Crippen molar-refractivity contribution in [2.45, 2.75) is 20.8 Å². The van der Waals surface area contributed by atoms with E-state index in [1.54, 1.807) is 14.0 Å². The Morgan fingerprint density at radius 1 is 1.45 bits per heavy atom. The van der Waals surface area contributed by atoms with Gasteiger partial charge in [-0.25, -0.2) is 0 Å².